The van der Waals surface area contributed by atoms with Crippen molar-refractivity contribution in [3.05, 3.63) is 58.1 Å². The molecule has 32 heavy (non-hydrogen) atoms. The lowest BCUT2D eigenvalue weighted by molar-refractivity contribution is -0.135. The topological polar surface area (TPSA) is 108 Å². The van der Waals surface area contributed by atoms with Crippen LogP contribution in [0.1, 0.15) is 24.8 Å². The quantitative estimate of drug-likeness (QED) is 0.359. The molecule has 0 bridgehead atoms. The first-order valence-corrected chi connectivity index (χ1v) is 12.4. The summed E-state index contributed by atoms with van der Waals surface area (Å²) >= 11 is 11.9. The molecule has 1 fully saturated rings. The van der Waals surface area contributed by atoms with Gasteiger partial charge in [0.25, 0.3) is 5.91 Å². The number of piperidine rings is 1. The molecule has 1 heterocycles. The average Bonchev–Trinajstić information content (AvgIpc) is 2.80. The fourth-order valence-electron chi connectivity index (χ4n) is 3.48. The van der Waals surface area contributed by atoms with Gasteiger partial charge in [-0.25, -0.2) is 18.6 Å². The molecule has 1 aliphatic heterocycles. The highest BCUT2D eigenvalue weighted by Gasteiger charge is 2.28. The minimum Gasteiger partial charge on any atom is -0.489 e. The van der Waals surface area contributed by atoms with Gasteiger partial charge in [-0.3, -0.25) is 14.9 Å². The summed E-state index contributed by atoms with van der Waals surface area (Å²) in [6.07, 6.45) is 2.91. The highest BCUT2D eigenvalue weighted by atomic mass is 35.5. The molecule has 1 saturated heterocycles. The second kappa shape index (κ2) is 11.3. The van der Waals surface area contributed by atoms with Crippen LogP contribution in [0.4, 0.5) is 0 Å². The molecule has 0 aromatic heterocycles. The van der Waals surface area contributed by atoms with Gasteiger partial charge in [0.15, 0.2) is 0 Å². The van der Waals surface area contributed by atoms with Crippen LogP contribution >= 0.6 is 23.2 Å². The van der Waals surface area contributed by atoms with Crippen LogP contribution in [0.3, 0.4) is 0 Å². The molecule has 174 valence electrons. The van der Waals surface area contributed by atoms with Crippen molar-refractivity contribution in [1.82, 2.24) is 15.1 Å². The minimum atomic E-state index is -3.86. The highest BCUT2D eigenvalue weighted by Crippen LogP contribution is 2.24. The summed E-state index contributed by atoms with van der Waals surface area (Å²) in [4.78, 5) is 14.0. The fraction of sp³-hybridized carbons (Fsp3) is 0.381. The molecule has 8 nitrogen and oxygen atoms in total. The van der Waals surface area contributed by atoms with Crippen molar-refractivity contribution in [2.24, 2.45) is 0 Å². The van der Waals surface area contributed by atoms with Gasteiger partial charge in [-0.2, -0.15) is 0 Å². The summed E-state index contributed by atoms with van der Waals surface area (Å²) in [5, 5.41) is 9.93. The zero-order valence-corrected chi connectivity index (χ0v) is 19.6. The molecular formula is C21H25Cl2N3O5S. The predicted octanol–water partition coefficient (Wildman–Crippen LogP) is 3.21. The van der Waals surface area contributed by atoms with Gasteiger partial charge in [0.2, 0.25) is 10.0 Å². The number of sulfonamides is 1. The van der Waals surface area contributed by atoms with Crippen LogP contribution in [-0.4, -0.2) is 50.1 Å². The van der Waals surface area contributed by atoms with E-state index in [0.717, 1.165) is 24.8 Å². The molecule has 1 unspecified atom stereocenters. The lowest BCUT2D eigenvalue weighted by Crippen LogP contribution is -2.53. The van der Waals surface area contributed by atoms with E-state index in [1.165, 1.54) is 12.1 Å². The Balaban J connectivity index is 1.60. The van der Waals surface area contributed by atoms with E-state index in [9.17, 15) is 13.2 Å². The van der Waals surface area contributed by atoms with Crippen molar-refractivity contribution in [1.29, 1.82) is 0 Å². The van der Waals surface area contributed by atoms with Gasteiger partial charge in [-0.15, -0.1) is 0 Å². The summed E-state index contributed by atoms with van der Waals surface area (Å²) < 4.78 is 33.5. The van der Waals surface area contributed by atoms with Crippen molar-refractivity contribution < 1.29 is 23.2 Å². The van der Waals surface area contributed by atoms with Crippen molar-refractivity contribution in [3.8, 4) is 5.75 Å². The highest BCUT2D eigenvalue weighted by molar-refractivity contribution is 7.89. The third kappa shape index (κ3) is 6.57. The molecule has 0 spiro atoms. The van der Waals surface area contributed by atoms with E-state index < -0.39 is 22.0 Å². The third-order valence-corrected chi connectivity index (χ3v) is 7.41. The largest absolute Gasteiger partial charge is 0.489 e. The van der Waals surface area contributed by atoms with E-state index in [2.05, 4.69) is 4.72 Å². The molecular weight excluding hydrogens is 477 g/mol. The number of amides is 1. The first-order chi connectivity index (χ1) is 15.3. The van der Waals surface area contributed by atoms with Crippen molar-refractivity contribution >= 4 is 39.1 Å². The molecule has 1 aliphatic rings. The van der Waals surface area contributed by atoms with E-state index >= 15 is 0 Å². The first kappa shape index (κ1) is 24.8. The number of carbonyl (C=O) groups is 1. The molecule has 3 rings (SSSR count). The van der Waals surface area contributed by atoms with E-state index in [1.807, 2.05) is 4.90 Å². The van der Waals surface area contributed by atoms with Gasteiger partial charge < -0.3 is 4.74 Å². The summed E-state index contributed by atoms with van der Waals surface area (Å²) in [5.74, 6) is -0.151. The Morgan fingerprint density at radius 3 is 2.38 bits per heavy atom. The molecule has 1 atom stereocenters. The summed E-state index contributed by atoms with van der Waals surface area (Å²) in [6.45, 7) is 1.44. The van der Waals surface area contributed by atoms with Gasteiger partial charge >= 0.3 is 0 Å². The van der Waals surface area contributed by atoms with Crippen LogP contribution in [0.15, 0.2) is 47.4 Å². The zero-order chi connectivity index (χ0) is 23.1. The number of ether oxygens (including phenoxy) is 1. The predicted molar refractivity (Wildman–Crippen MR) is 122 cm³/mol. The number of halogens is 2. The van der Waals surface area contributed by atoms with Crippen molar-refractivity contribution in [2.45, 2.75) is 36.8 Å². The minimum absolute atomic E-state index is 0.0428. The van der Waals surface area contributed by atoms with Crippen LogP contribution in [0.25, 0.3) is 0 Å². The summed E-state index contributed by atoms with van der Waals surface area (Å²) in [5.41, 5.74) is 2.46. The Bertz CT molecular complexity index is 1030. The molecule has 3 N–H and O–H groups in total. The molecule has 0 aliphatic carbocycles. The maximum Gasteiger partial charge on any atom is 0.262 e. The Labute approximate surface area is 197 Å². The van der Waals surface area contributed by atoms with Gasteiger partial charge in [0, 0.05) is 6.54 Å². The van der Waals surface area contributed by atoms with E-state index in [0.29, 0.717) is 28.9 Å². The van der Waals surface area contributed by atoms with Crippen LogP contribution in [0.2, 0.25) is 10.0 Å². The summed E-state index contributed by atoms with van der Waals surface area (Å²) in [7, 11) is -3.86. The Hall–Kier alpha value is -1.88. The number of hydroxylamine groups is 1. The molecule has 11 heteroatoms. The van der Waals surface area contributed by atoms with Gasteiger partial charge in [0.1, 0.15) is 18.4 Å². The lowest BCUT2D eigenvalue weighted by Gasteiger charge is -2.33. The average molecular weight is 502 g/mol. The molecule has 2 aromatic rings. The SMILES string of the molecule is O=C(NO)C(CNS(=O)(=O)c1ccc(OCc2ccc(Cl)c(Cl)c2)cc1)N1CCCCC1. The standard InChI is InChI=1S/C21H25Cl2N3O5S/c22-18-9-4-15(12-19(18)23)14-31-16-5-7-17(8-6-16)32(29,30)24-13-20(21(27)25-28)26-10-2-1-3-11-26/h4-9,12,20,24,28H,1-3,10-11,13-14H2,(H,25,27). The van der Waals surface area contributed by atoms with E-state index in [4.69, 9.17) is 33.1 Å². The maximum atomic E-state index is 12.7. The molecule has 0 saturated carbocycles. The number of benzene rings is 2. The summed E-state index contributed by atoms with van der Waals surface area (Å²) in [6, 6.07) is 10.3. The van der Waals surface area contributed by atoms with Crippen molar-refractivity contribution in [3.63, 3.8) is 0 Å². The third-order valence-electron chi connectivity index (χ3n) is 5.23. The van der Waals surface area contributed by atoms with Crippen LogP contribution in [0, 0.1) is 0 Å². The number of nitrogens with zero attached hydrogens (tertiary/aromatic N) is 1. The number of hydrogen-bond donors (Lipinski definition) is 3. The fourth-order valence-corrected chi connectivity index (χ4v) is 4.83. The van der Waals surface area contributed by atoms with Crippen LogP contribution in [0.5, 0.6) is 5.75 Å². The second-order valence-corrected chi connectivity index (χ2v) is 10.0. The van der Waals surface area contributed by atoms with Crippen LogP contribution < -0.4 is 14.9 Å². The Kier molecular flexibility index (Phi) is 8.75. The number of likely N-dealkylation sites (tertiary alicyclic amines) is 1. The van der Waals surface area contributed by atoms with Gasteiger partial charge in [-0.05, 0) is 67.9 Å². The molecule has 1 amide bonds. The van der Waals surface area contributed by atoms with E-state index in [1.54, 1.807) is 35.8 Å². The number of rotatable bonds is 9. The van der Waals surface area contributed by atoms with Gasteiger partial charge in [-0.1, -0.05) is 35.7 Å². The first-order valence-electron chi connectivity index (χ1n) is 10.1. The van der Waals surface area contributed by atoms with Crippen molar-refractivity contribution in [2.75, 3.05) is 19.6 Å². The normalized spacial score (nSPS) is 15.8. The monoisotopic (exact) mass is 501 g/mol. The zero-order valence-electron chi connectivity index (χ0n) is 17.3. The number of hydrogen-bond acceptors (Lipinski definition) is 6. The molecule has 0 radical (unpaired) electrons. The maximum absolute atomic E-state index is 12.7. The Morgan fingerprint density at radius 2 is 1.75 bits per heavy atom. The molecule has 2 aromatic carbocycles. The number of nitrogens with one attached hydrogen (secondary N) is 2. The second-order valence-electron chi connectivity index (χ2n) is 7.45. The smallest absolute Gasteiger partial charge is 0.262 e. The lowest BCUT2D eigenvalue weighted by atomic mass is 10.1. The van der Waals surface area contributed by atoms with Crippen LogP contribution in [-0.2, 0) is 21.4 Å². The van der Waals surface area contributed by atoms with E-state index in [-0.39, 0.29) is 18.0 Å². The number of carbonyl (C=O) groups excluding carboxylic acids is 1. The van der Waals surface area contributed by atoms with Gasteiger partial charge in [0.05, 0.1) is 14.9 Å². The Morgan fingerprint density at radius 1 is 1.06 bits per heavy atom.